The van der Waals surface area contributed by atoms with Crippen LogP contribution < -0.4 is 5.73 Å². The van der Waals surface area contributed by atoms with Gasteiger partial charge in [-0.1, -0.05) is 26.7 Å². The summed E-state index contributed by atoms with van der Waals surface area (Å²) in [6.45, 7) is 7.95. The zero-order valence-corrected chi connectivity index (χ0v) is 12.5. The van der Waals surface area contributed by atoms with Gasteiger partial charge in [-0.15, -0.1) is 0 Å². The molecule has 0 aromatic carbocycles. The van der Waals surface area contributed by atoms with E-state index in [9.17, 15) is 4.79 Å². The van der Waals surface area contributed by atoms with E-state index in [1.54, 1.807) is 0 Å². The Morgan fingerprint density at radius 3 is 2.37 bits per heavy atom. The molecular formula is C15H29N3O. The van der Waals surface area contributed by atoms with Crippen molar-refractivity contribution in [3.05, 3.63) is 0 Å². The number of nitrogens with zero attached hydrogens (tertiary/aromatic N) is 2. The fourth-order valence-electron chi connectivity index (χ4n) is 3.29. The zero-order valence-electron chi connectivity index (χ0n) is 12.5. The molecule has 1 amide bonds. The van der Waals surface area contributed by atoms with E-state index >= 15 is 0 Å². The van der Waals surface area contributed by atoms with Crippen LogP contribution in [0.4, 0.5) is 0 Å². The van der Waals surface area contributed by atoms with Gasteiger partial charge in [0.1, 0.15) is 0 Å². The first-order valence-corrected chi connectivity index (χ1v) is 7.88. The van der Waals surface area contributed by atoms with Crippen molar-refractivity contribution in [2.45, 2.75) is 58.0 Å². The highest BCUT2D eigenvalue weighted by molar-refractivity contribution is 5.81. The van der Waals surface area contributed by atoms with Crippen molar-refractivity contribution >= 4 is 5.91 Å². The minimum Gasteiger partial charge on any atom is -0.340 e. The maximum Gasteiger partial charge on any atom is 0.239 e. The highest BCUT2D eigenvalue weighted by atomic mass is 16.2. The van der Waals surface area contributed by atoms with Crippen LogP contribution in [-0.2, 0) is 4.79 Å². The van der Waals surface area contributed by atoms with Gasteiger partial charge in [-0.05, 0) is 25.2 Å². The zero-order chi connectivity index (χ0) is 13.8. The summed E-state index contributed by atoms with van der Waals surface area (Å²) in [6, 6.07) is 0.437. The summed E-state index contributed by atoms with van der Waals surface area (Å²) in [4.78, 5) is 16.9. The highest BCUT2D eigenvalue weighted by Crippen LogP contribution is 2.24. The van der Waals surface area contributed by atoms with Gasteiger partial charge in [0.25, 0.3) is 0 Å². The van der Waals surface area contributed by atoms with Crippen LogP contribution in [0.3, 0.4) is 0 Å². The monoisotopic (exact) mass is 267 g/mol. The Kier molecular flexibility index (Phi) is 5.22. The first kappa shape index (κ1) is 14.8. The molecule has 2 fully saturated rings. The normalized spacial score (nSPS) is 24.7. The number of amides is 1. The Morgan fingerprint density at radius 1 is 1.05 bits per heavy atom. The average Bonchev–Trinajstić information content (AvgIpc) is 2.81. The van der Waals surface area contributed by atoms with Gasteiger partial charge in [0, 0.05) is 32.2 Å². The molecule has 1 saturated carbocycles. The second-order valence-corrected chi connectivity index (χ2v) is 6.42. The van der Waals surface area contributed by atoms with Gasteiger partial charge in [-0.25, -0.2) is 0 Å². The van der Waals surface area contributed by atoms with Crippen molar-refractivity contribution in [2.24, 2.45) is 11.7 Å². The molecule has 110 valence electrons. The largest absolute Gasteiger partial charge is 0.340 e. The maximum absolute atomic E-state index is 12.3. The Bertz CT molecular complexity index is 300. The van der Waals surface area contributed by atoms with Gasteiger partial charge < -0.3 is 10.6 Å². The summed E-state index contributed by atoms with van der Waals surface area (Å²) >= 11 is 0. The lowest BCUT2D eigenvalue weighted by atomic mass is 10.0. The second kappa shape index (κ2) is 6.71. The van der Waals surface area contributed by atoms with Crippen LogP contribution >= 0.6 is 0 Å². The molecule has 0 aromatic rings. The molecule has 0 unspecified atom stereocenters. The number of rotatable bonds is 3. The van der Waals surface area contributed by atoms with E-state index in [0.29, 0.717) is 0 Å². The van der Waals surface area contributed by atoms with Gasteiger partial charge in [0.05, 0.1) is 6.04 Å². The smallest absolute Gasteiger partial charge is 0.239 e. The number of hydrogen-bond acceptors (Lipinski definition) is 3. The van der Waals surface area contributed by atoms with Crippen LogP contribution in [0.2, 0.25) is 0 Å². The summed E-state index contributed by atoms with van der Waals surface area (Å²) in [5.41, 5.74) is 5.99. The molecule has 0 aromatic heterocycles. The minimum atomic E-state index is -0.335. The van der Waals surface area contributed by atoms with Crippen LogP contribution in [0.15, 0.2) is 0 Å². The number of carbonyl (C=O) groups is 1. The molecule has 2 rings (SSSR count). The standard InChI is InChI=1S/C15H29N3O/c1-12(2)14(16)15(19)18-9-5-8-17(10-11-18)13-6-3-4-7-13/h12-14H,3-11,16H2,1-2H3/t14-/m0/s1. The third-order valence-electron chi connectivity index (χ3n) is 4.69. The van der Waals surface area contributed by atoms with Gasteiger partial charge in [0.2, 0.25) is 5.91 Å². The van der Waals surface area contributed by atoms with E-state index in [1.165, 1.54) is 25.7 Å². The van der Waals surface area contributed by atoms with Crippen LogP contribution in [0, 0.1) is 5.92 Å². The SMILES string of the molecule is CC(C)[C@H](N)C(=O)N1CCCN(C2CCCC2)CC1. The Labute approximate surface area is 117 Å². The van der Waals surface area contributed by atoms with E-state index in [2.05, 4.69) is 4.90 Å². The summed E-state index contributed by atoms with van der Waals surface area (Å²) in [6.07, 6.45) is 6.54. The van der Waals surface area contributed by atoms with Gasteiger partial charge in [0.15, 0.2) is 0 Å². The minimum absolute atomic E-state index is 0.142. The third-order valence-corrected chi connectivity index (χ3v) is 4.69. The highest BCUT2D eigenvalue weighted by Gasteiger charge is 2.28. The van der Waals surface area contributed by atoms with E-state index in [1.807, 2.05) is 18.7 Å². The predicted octanol–water partition coefficient (Wildman–Crippen LogP) is 1.45. The first-order valence-electron chi connectivity index (χ1n) is 7.88. The molecule has 1 heterocycles. The van der Waals surface area contributed by atoms with Crippen molar-refractivity contribution in [1.82, 2.24) is 9.80 Å². The second-order valence-electron chi connectivity index (χ2n) is 6.42. The molecule has 1 aliphatic heterocycles. The molecule has 2 N–H and O–H groups in total. The van der Waals surface area contributed by atoms with Crippen molar-refractivity contribution in [1.29, 1.82) is 0 Å². The molecule has 1 atom stereocenters. The average molecular weight is 267 g/mol. The quantitative estimate of drug-likeness (QED) is 0.842. The van der Waals surface area contributed by atoms with Gasteiger partial charge in [-0.3, -0.25) is 9.69 Å². The van der Waals surface area contributed by atoms with Crippen LogP contribution in [0.5, 0.6) is 0 Å². The predicted molar refractivity (Wildman–Crippen MR) is 77.8 cm³/mol. The lowest BCUT2D eigenvalue weighted by Crippen LogP contribution is -2.48. The molecule has 4 heteroatoms. The van der Waals surface area contributed by atoms with E-state index in [-0.39, 0.29) is 17.9 Å². The lowest BCUT2D eigenvalue weighted by Gasteiger charge is -2.28. The van der Waals surface area contributed by atoms with E-state index in [4.69, 9.17) is 5.73 Å². The summed E-state index contributed by atoms with van der Waals surface area (Å²) in [7, 11) is 0. The molecule has 0 radical (unpaired) electrons. The molecule has 19 heavy (non-hydrogen) atoms. The van der Waals surface area contributed by atoms with Crippen molar-refractivity contribution in [3.8, 4) is 0 Å². The molecular weight excluding hydrogens is 238 g/mol. The topological polar surface area (TPSA) is 49.6 Å². The van der Waals surface area contributed by atoms with Crippen molar-refractivity contribution < 1.29 is 4.79 Å². The van der Waals surface area contributed by atoms with E-state index < -0.39 is 0 Å². The molecule has 1 saturated heterocycles. The summed E-state index contributed by atoms with van der Waals surface area (Å²) < 4.78 is 0. The third kappa shape index (κ3) is 3.69. The molecule has 1 aliphatic carbocycles. The van der Waals surface area contributed by atoms with Crippen LogP contribution in [-0.4, -0.2) is 54.0 Å². The van der Waals surface area contributed by atoms with Crippen LogP contribution in [0.1, 0.15) is 46.0 Å². The van der Waals surface area contributed by atoms with Crippen molar-refractivity contribution in [3.63, 3.8) is 0 Å². The fourth-order valence-corrected chi connectivity index (χ4v) is 3.29. The Morgan fingerprint density at radius 2 is 1.74 bits per heavy atom. The molecule has 0 bridgehead atoms. The Hall–Kier alpha value is -0.610. The lowest BCUT2D eigenvalue weighted by molar-refractivity contribution is -0.133. The van der Waals surface area contributed by atoms with E-state index in [0.717, 1.165) is 38.6 Å². The summed E-state index contributed by atoms with van der Waals surface area (Å²) in [5.74, 6) is 0.366. The summed E-state index contributed by atoms with van der Waals surface area (Å²) in [5, 5.41) is 0. The van der Waals surface area contributed by atoms with Gasteiger partial charge >= 0.3 is 0 Å². The van der Waals surface area contributed by atoms with Crippen LogP contribution in [0.25, 0.3) is 0 Å². The number of hydrogen-bond donors (Lipinski definition) is 1. The van der Waals surface area contributed by atoms with Crippen molar-refractivity contribution in [2.75, 3.05) is 26.2 Å². The first-order chi connectivity index (χ1) is 9.09. The maximum atomic E-state index is 12.3. The molecule has 2 aliphatic rings. The van der Waals surface area contributed by atoms with Gasteiger partial charge in [-0.2, -0.15) is 0 Å². The fraction of sp³-hybridized carbons (Fsp3) is 0.933. The molecule has 0 spiro atoms. The Balaban J connectivity index is 1.87. The number of nitrogens with two attached hydrogens (primary N) is 1. The number of carbonyl (C=O) groups excluding carboxylic acids is 1. The molecule has 4 nitrogen and oxygen atoms in total.